The molecule has 2 aromatic rings. The highest BCUT2D eigenvalue weighted by Gasteiger charge is 2.23. The van der Waals surface area contributed by atoms with Crippen molar-refractivity contribution >= 4 is 23.4 Å². The number of benzene rings is 2. The lowest BCUT2D eigenvalue weighted by Gasteiger charge is -2.20. The number of nitrogens with zero attached hydrogens (tertiary/aromatic N) is 1. The minimum Gasteiger partial charge on any atom is -0.343 e. The zero-order valence-electron chi connectivity index (χ0n) is 18.9. The van der Waals surface area contributed by atoms with Crippen molar-refractivity contribution in [3.63, 3.8) is 0 Å². The topological polar surface area (TPSA) is 78.5 Å². The molecule has 0 aliphatic rings. The number of likely N-dealkylation sites (N-methyl/N-ethyl adjacent to an activating group) is 1. The van der Waals surface area contributed by atoms with Gasteiger partial charge in [0.2, 0.25) is 11.8 Å². The van der Waals surface area contributed by atoms with Gasteiger partial charge in [-0.1, -0.05) is 56.3 Å². The SMILES string of the molecule is CCN(CC)C(=O)Cc1ccc(NC(=O)C(NC(=O)CC(C)C)c2ccccc2)cc1. The number of hydrogen-bond donors (Lipinski definition) is 2. The van der Waals surface area contributed by atoms with Crippen molar-refractivity contribution in [3.8, 4) is 0 Å². The van der Waals surface area contributed by atoms with Gasteiger partial charge in [-0.05, 0) is 43.0 Å². The number of amides is 3. The standard InChI is InChI=1S/C25H33N3O3/c1-5-28(6-2)23(30)17-19-12-14-21(15-13-19)26-25(31)24(20-10-8-7-9-11-20)27-22(29)16-18(3)4/h7-15,18,24H,5-6,16-17H2,1-4H3,(H,26,31)(H,27,29). The Bertz CT molecular complexity index is 859. The van der Waals surface area contributed by atoms with Crippen LogP contribution in [0.3, 0.4) is 0 Å². The normalized spacial score (nSPS) is 11.6. The van der Waals surface area contributed by atoms with Gasteiger partial charge in [-0.25, -0.2) is 0 Å². The average Bonchev–Trinajstić information content (AvgIpc) is 2.74. The van der Waals surface area contributed by atoms with Gasteiger partial charge >= 0.3 is 0 Å². The van der Waals surface area contributed by atoms with Gasteiger partial charge in [0.05, 0.1) is 6.42 Å². The molecule has 0 heterocycles. The highest BCUT2D eigenvalue weighted by atomic mass is 16.2. The molecule has 0 bridgehead atoms. The smallest absolute Gasteiger partial charge is 0.251 e. The predicted molar refractivity (Wildman–Crippen MR) is 123 cm³/mol. The third-order valence-electron chi connectivity index (χ3n) is 4.99. The molecule has 6 heteroatoms. The van der Waals surface area contributed by atoms with E-state index in [4.69, 9.17) is 0 Å². The van der Waals surface area contributed by atoms with Crippen molar-refractivity contribution in [1.82, 2.24) is 10.2 Å². The second-order valence-corrected chi connectivity index (χ2v) is 7.94. The molecular weight excluding hydrogens is 390 g/mol. The van der Waals surface area contributed by atoms with Crippen LogP contribution in [0.4, 0.5) is 5.69 Å². The Labute approximate surface area is 185 Å². The second kappa shape index (κ2) is 11.9. The number of carbonyl (C=O) groups is 3. The van der Waals surface area contributed by atoms with Gasteiger partial charge in [0.15, 0.2) is 0 Å². The van der Waals surface area contributed by atoms with Crippen LogP contribution in [0.15, 0.2) is 54.6 Å². The maximum atomic E-state index is 13.0. The van der Waals surface area contributed by atoms with Crippen molar-refractivity contribution in [2.24, 2.45) is 5.92 Å². The molecule has 1 unspecified atom stereocenters. The van der Waals surface area contributed by atoms with E-state index in [0.29, 0.717) is 31.6 Å². The van der Waals surface area contributed by atoms with Crippen molar-refractivity contribution in [3.05, 3.63) is 65.7 Å². The number of rotatable bonds is 10. The molecule has 2 N–H and O–H groups in total. The Morgan fingerprint density at radius 1 is 0.903 bits per heavy atom. The molecule has 0 fully saturated rings. The summed E-state index contributed by atoms with van der Waals surface area (Å²) in [6.45, 7) is 9.22. The minimum atomic E-state index is -0.781. The molecule has 0 aliphatic heterocycles. The first kappa shape index (κ1) is 24.1. The molecular formula is C25H33N3O3. The van der Waals surface area contributed by atoms with Crippen LogP contribution in [0.1, 0.15) is 51.3 Å². The maximum absolute atomic E-state index is 13.0. The van der Waals surface area contributed by atoms with Gasteiger partial charge in [-0.3, -0.25) is 14.4 Å². The highest BCUT2D eigenvalue weighted by molar-refractivity contribution is 5.98. The van der Waals surface area contributed by atoms with Crippen molar-refractivity contribution < 1.29 is 14.4 Å². The van der Waals surface area contributed by atoms with Crippen LogP contribution >= 0.6 is 0 Å². The van der Waals surface area contributed by atoms with Gasteiger partial charge in [-0.15, -0.1) is 0 Å². The summed E-state index contributed by atoms with van der Waals surface area (Å²) in [7, 11) is 0. The van der Waals surface area contributed by atoms with Gasteiger partial charge in [0, 0.05) is 25.2 Å². The summed E-state index contributed by atoms with van der Waals surface area (Å²) in [5.74, 6) is -0.190. The van der Waals surface area contributed by atoms with Gasteiger partial charge in [0.25, 0.3) is 5.91 Å². The molecule has 2 rings (SSSR count). The quantitative estimate of drug-likeness (QED) is 0.608. The third kappa shape index (κ3) is 7.55. The molecule has 3 amide bonds. The molecule has 2 aromatic carbocycles. The molecule has 0 spiro atoms. The summed E-state index contributed by atoms with van der Waals surface area (Å²) in [6.07, 6.45) is 0.680. The summed E-state index contributed by atoms with van der Waals surface area (Å²) in [4.78, 5) is 39.4. The van der Waals surface area contributed by atoms with E-state index in [2.05, 4.69) is 10.6 Å². The van der Waals surface area contributed by atoms with Gasteiger partial charge in [0.1, 0.15) is 6.04 Å². The average molecular weight is 424 g/mol. The van der Waals surface area contributed by atoms with Gasteiger partial charge in [-0.2, -0.15) is 0 Å². The Kier molecular flexibility index (Phi) is 9.25. The fraction of sp³-hybridized carbons (Fsp3) is 0.400. The molecule has 0 aromatic heterocycles. The molecule has 6 nitrogen and oxygen atoms in total. The fourth-order valence-electron chi connectivity index (χ4n) is 3.32. The van der Waals surface area contributed by atoms with Crippen molar-refractivity contribution in [2.75, 3.05) is 18.4 Å². The van der Waals surface area contributed by atoms with E-state index in [-0.39, 0.29) is 23.6 Å². The fourth-order valence-corrected chi connectivity index (χ4v) is 3.32. The first-order valence-corrected chi connectivity index (χ1v) is 10.9. The lowest BCUT2D eigenvalue weighted by molar-refractivity contribution is -0.130. The number of hydrogen-bond acceptors (Lipinski definition) is 3. The molecule has 0 saturated heterocycles. The first-order chi connectivity index (χ1) is 14.8. The number of carbonyl (C=O) groups excluding carboxylic acids is 3. The maximum Gasteiger partial charge on any atom is 0.251 e. The van der Waals surface area contributed by atoms with Crippen LogP contribution in [0.5, 0.6) is 0 Å². The number of anilines is 1. The zero-order valence-corrected chi connectivity index (χ0v) is 18.9. The van der Waals surface area contributed by atoms with Crippen LogP contribution in [0, 0.1) is 5.92 Å². The first-order valence-electron chi connectivity index (χ1n) is 10.9. The van der Waals surface area contributed by atoms with Crippen molar-refractivity contribution in [2.45, 2.75) is 46.6 Å². The van der Waals surface area contributed by atoms with Gasteiger partial charge < -0.3 is 15.5 Å². The van der Waals surface area contributed by atoms with Crippen molar-refractivity contribution in [1.29, 1.82) is 0 Å². The lowest BCUT2D eigenvalue weighted by atomic mass is 10.0. The summed E-state index contributed by atoms with van der Waals surface area (Å²) >= 11 is 0. The summed E-state index contributed by atoms with van der Waals surface area (Å²) in [5, 5.41) is 5.72. The largest absolute Gasteiger partial charge is 0.343 e. The second-order valence-electron chi connectivity index (χ2n) is 7.94. The monoisotopic (exact) mass is 423 g/mol. The van der Waals surface area contributed by atoms with Crippen LogP contribution in [0.2, 0.25) is 0 Å². The third-order valence-corrected chi connectivity index (χ3v) is 4.99. The van der Waals surface area contributed by atoms with E-state index in [1.807, 2.05) is 70.2 Å². The lowest BCUT2D eigenvalue weighted by Crippen LogP contribution is -2.37. The molecule has 0 aliphatic carbocycles. The summed E-state index contributed by atoms with van der Waals surface area (Å²) in [5.41, 5.74) is 2.22. The van der Waals surface area contributed by atoms with E-state index < -0.39 is 6.04 Å². The zero-order chi connectivity index (χ0) is 22.8. The number of nitrogens with one attached hydrogen (secondary N) is 2. The minimum absolute atomic E-state index is 0.0822. The van der Waals surface area contributed by atoms with E-state index in [0.717, 1.165) is 11.1 Å². The molecule has 31 heavy (non-hydrogen) atoms. The van der Waals surface area contributed by atoms with E-state index in [9.17, 15) is 14.4 Å². The molecule has 0 radical (unpaired) electrons. The van der Waals surface area contributed by atoms with Crippen LogP contribution in [-0.2, 0) is 20.8 Å². The Morgan fingerprint density at radius 2 is 1.52 bits per heavy atom. The molecule has 166 valence electrons. The summed E-state index contributed by atoms with van der Waals surface area (Å²) in [6, 6.07) is 15.6. The Balaban J connectivity index is 2.08. The van der Waals surface area contributed by atoms with E-state index in [1.165, 1.54) is 0 Å². The van der Waals surface area contributed by atoms with E-state index >= 15 is 0 Å². The molecule has 0 saturated carbocycles. The predicted octanol–water partition coefficient (Wildman–Crippen LogP) is 3.94. The molecule has 1 atom stereocenters. The van der Waals surface area contributed by atoms with Crippen LogP contribution in [0.25, 0.3) is 0 Å². The van der Waals surface area contributed by atoms with Crippen LogP contribution in [-0.4, -0.2) is 35.7 Å². The Hall–Kier alpha value is -3.15. The van der Waals surface area contributed by atoms with Crippen LogP contribution < -0.4 is 10.6 Å². The van der Waals surface area contributed by atoms with E-state index in [1.54, 1.807) is 17.0 Å². The summed E-state index contributed by atoms with van der Waals surface area (Å²) < 4.78 is 0. The highest BCUT2D eigenvalue weighted by Crippen LogP contribution is 2.18. The Morgan fingerprint density at radius 3 is 2.06 bits per heavy atom.